The molecule has 0 saturated carbocycles. The Morgan fingerprint density at radius 2 is 2.08 bits per heavy atom. The number of benzene rings is 1. The molecule has 24 heavy (non-hydrogen) atoms. The van der Waals surface area contributed by atoms with Gasteiger partial charge in [-0.2, -0.15) is 0 Å². The van der Waals surface area contributed by atoms with Gasteiger partial charge in [-0.15, -0.1) is 11.3 Å². The summed E-state index contributed by atoms with van der Waals surface area (Å²) in [5.74, 6) is 1.43. The summed E-state index contributed by atoms with van der Waals surface area (Å²) >= 11 is 1.64. The van der Waals surface area contributed by atoms with Gasteiger partial charge in [0.05, 0.1) is 26.5 Å². The molecule has 0 bridgehead atoms. The first-order valence-corrected chi connectivity index (χ1v) is 9.15. The van der Waals surface area contributed by atoms with E-state index in [-0.39, 0.29) is 12.6 Å². The fraction of sp³-hybridized carbons (Fsp3) is 0.500. The summed E-state index contributed by atoms with van der Waals surface area (Å²) in [5.41, 5.74) is 2.09. The van der Waals surface area contributed by atoms with Crippen LogP contribution in [0.1, 0.15) is 25.0 Å². The zero-order valence-electron chi connectivity index (χ0n) is 14.2. The van der Waals surface area contributed by atoms with Crippen molar-refractivity contribution in [2.45, 2.75) is 31.8 Å². The molecule has 5 nitrogen and oxygen atoms in total. The van der Waals surface area contributed by atoms with Gasteiger partial charge in [-0.05, 0) is 37.6 Å². The number of aliphatic hydroxyl groups is 1. The van der Waals surface area contributed by atoms with Gasteiger partial charge in [0.1, 0.15) is 5.01 Å². The first-order chi connectivity index (χ1) is 11.7. The maximum atomic E-state index is 9.54. The lowest BCUT2D eigenvalue weighted by Gasteiger charge is -2.33. The Bertz CT molecular complexity index is 674. The first kappa shape index (κ1) is 17.2. The third-order valence-corrected chi connectivity index (χ3v) is 5.45. The van der Waals surface area contributed by atoms with Crippen LogP contribution in [0.2, 0.25) is 0 Å². The zero-order valence-corrected chi connectivity index (χ0v) is 15.0. The van der Waals surface area contributed by atoms with Gasteiger partial charge < -0.3 is 14.6 Å². The topological polar surface area (TPSA) is 54.8 Å². The number of methoxy groups -OCH3 is 2. The molecule has 1 aliphatic rings. The van der Waals surface area contributed by atoms with E-state index in [1.165, 1.54) is 12.8 Å². The highest BCUT2D eigenvalue weighted by Crippen LogP contribution is 2.33. The van der Waals surface area contributed by atoms with Gasteiger partial charge in [-0.1, -0.05) is 6.42 Å². The molecule has 1 saturated heterocycles. The number of aromatic nitrogens is 1. The number of likely N-dealkylation sites (tertiary alicyclic amines) is 1. The molecule has 130 valence electrons. The molecule has 1 fully saturated rings. The molecule has 0 radical (unpaired) electrons. The number of hydrogen-bond donors (Lipinski definition) is 1. The molecule has 0 amide bonds. The molecule has 1 N–H and O–H groups in total. The Labute approximate surface area is 146 Å². The van der Waals surface area contributed by atoms with Gasteiger partial charge in [0, 0.05) is 23.5 Å². The predicted octanol–water partition coefficient (Wildman–Crippen LogP) is 3.17. The molecule has 1 atom stereocenters. The van der Waals surface area contributed by atoms with Crippen molar-refractivity contribution in [2.24, 2.45) is 0 Å². The molecule has 0 spiro atoms. The number of nitrogens with zero attached hydrogens (tertiary/aromatic N) is 2. The second kappa shape index (κ2) is 7.96. The molecular weight excluding hydrogens is 324 g/mol. The minimum absolute atomic E-state index is 0.229. The van der Waals surface area contributed by atoms with E-state index in [9.17, 15) is 5.11 Å². The first-order valence-electron chi connectivity index (χ1n) is 8.27. The third kappa shape index (κ3) is 3.71. The molecule has 1 aromatic carbocycles. The molecule has 1 aliphatic heterocycles. The van der Waals surface area contributed by atoms with Crippen LogP contribution in [0.25, 0.3) is 10.6 Å². The minimum Gasteiger partial charge on any atom is -0.493 e. The third-order valence-electron chi connectivity index (χ3n) is 4.51. The fourth-order valence-electron chi connectivity index (χ4n) is 3.16. The van der Waals surface area contributed by atoms with Crippen molar-refractivity contribution >= 4 is 11.3 Å². The monoisotopic (exact) mass is 348 g/mol. The van der Waals surface area contributed by atoms with Crippen LogP contribution in [0, 0.1) is 0 Å². The van der Waals surface area contributed by atoms with E-state index in [1.807, 2.05) is 18.2 Å². The lowest BCUT2D eigenvalue weighted by atomic mass is 10.0. The van der Waals surface area contributed by atoms with Crippen LogP contribution in [-0.2, 0) is 6.54 Å². The Morgan fingerprint density at radius 3 is 2.83 bits per heavy atom. The van der Waals surface area contributed by atoms with Crippen LogP contribution in [0.15, 0.2) is 23.6 Å². The summed E-state index contributed by atoms with van der Waals surface area (Å²) in [5, 5.41) is 12.6. The normalized spacial score (nSPS) is 18.5. The minimum atomic E-state index is 0.229. The molecule has 3 rings (SSSR count). The lowest BCUT2D eigenvalue weighted by molar-refractivity contribution is 0.0832. The average molecular weight is 348 g/mol. The van der Waals surface area contributed by atoms with E-state index in [4.69, 9.17) is 14.5 Å². The summed E-state index contributed by atoms with van der Waals surface area (Å²) in [6, 6.07) is 6.13. The van der Waals surface area contributed by atoms with Crippen molar-refractivity contribution in [3.05, 3.63) is 29.3 Å². The van der Waals surface area contributed by atoms with Crippen LogP contribution in [0.3, 0.4) is 0 Å². The van der Waals surface area contributed by atoms with E-state index in [1.54, 1.807) is 25.6 Å². The Balaban J connectivity index is 1.75. The van der Waals surface area contributed by atoms with Gasteiger partial charge in [-0.3, -0.25) is 4.90 Å². The molecule has 2 heterocycles. The summed E-state index contributed by atoms with van der Waals surface area (Å²) < 4.78 is 10.7. The van der Waals surface area contributed by atoms with Crippen molar-refractivity contribution in [2.75, 3.05) is 27.4 Å². The van der Waals surface area contributed by atoms with Crippen molar-refractivity contribution in [3.63, 3.8) is 0 Å². The zero-order chi connectivity index (χ0) is 16.9. The van der Waals surface area contributed by atoms with Gasteiger partial charge in [0.2, 0.25) is 0 Å². The largest absolute Gasteiger partial charge is 0.493 e. The maximum absolute atomic E-state index is 9.54. The second-order valence-corrected chi connectivity index (χ2v) is 6.87. The summed E-state index contributed by atoms with van der Waals surface area (Å²) in [7, 11) is 3.27. The highest BCUT2D eigenvalue weighted by atomic mass is 32.1. The van der Waals surface area contributed by atoms with Crippen molar-refractivity contribution in [1.29, 1.82) is 0 Å². The van der Waals surface area contributed by atoms with E-state index >= 15 is 0 Å². The highest BCUT2D eigenvalue weighted by molar-refractivity contribution is 7.13. The average Bonchev–Trinajstić information content (AvgIpc) is 3.10. The van der Waals surface area contributed by atoms with Gasteiger partial charge in [0.25, 0.3) is 0 Å². The Kier molecular flexibility index (Phi) is 5.71. The maximum Gasteiger partial charge on any atom is 0.161 e. The van der Waals surface area contributed by atoms with E-state index < -0.39 is 0 Å². The van der Waals surface area contributed by atoms with Crippen LogP contribution in [-0.4, -0.2) is 48.4 Å². The van der Waals surface area contributed by atoms with E-state index in [2.05, 4.69) is 10.3 Å². The lowest BCUT2D eigenvalue weighted by Crippen LogP contribution is -2.41. The highest BCUT2D eigenvalue weighted by Gasteiger charge is 2.22. The molecular formula is C18H24N2O3S. The molecule has 2 aromatic rings. The molecule has 0 aliphatic carbocycles. The second-order valence-electron chi connectivity index (χ2n) is 6.02. The smallest absolute Gasteiger partial charge is 0.161 e. The Hall–Kier alpha value is -1.63. The van der Waals surface area contributed by atoms with Crippen LogP contribution < -0.4 is 9.47 Å². The van der Waals surface area contributed by atoms with E-state index in [0.717, 1.165) is 41.5 Å². The van der Waals surface area contributed by atoms with Gasteiger partial charge >= 0.3 is 0 Å². The van der Waals surface area contributed by atoms with Crippen LogP contribution >= 0.6 is 11.3 Å². The predicted molar refractivity (Wildman–Crippen MR) is 95.8 cm³/mol. The van der Waals surface area contributed by atoms with Gasteiger partial charge in [0.15, 0.2) is 11.5 Å². The number of thiazole rings is 1. The SMILES string of the molecule is COc1ccc(-c2nc(CN3CCCCC3CO)cs2)cc1OC. The number of aliphatic hydroxyl groups excluding tert-OH is 1. The number of hydrogen-bond acceptors (Lipinski definition) is 6. The van der Waals surface area contributed by atoms with Crippen molar-refractivity contribution in [3.8, 4) is 22.1 Å². The molecule has 1 aromatic heterocycles. The molecule has 1 unspecified atom stereocenters. The quantitative estimate of drug-likeness (QED) is 0.869. The van der Waals surface area contributed by atoms with E-state index in [0.29, 0.717) is 5.75 Å². The van der Waals surface area contributed by atoms with Crippen molar-refractivity contribution in [1.82, 2.24) is 9.88 Å². The van der Waals surface area contributed by atoms with Crippen LogP contribution in [0.4, 0.5) is 0 Å². The Morgan fingerprint density at radius 1 is 1.25 bits per heavy atom. The summed E-state index contributed by atoms with van der Waals surface area (Å²) in [6.45, 7) is 2.07. The summed E-state index contributed by atoms with van der Waals surface area (Å²) in [4.78, 5) is 7.12. The fourth-order valence-corrected chi connectivity index (χ4v) is 3.97. The van der Waals surface area contributed by atoms with Crippen molar-refractivity contribution < 1.29 is 14.6 Å². The van der Waals surface area contributed by atoms with Gasteiger partial charge in [-0.25, -0.2) is 4.98 Å². The number of piperidine rings is 1. The number of ether oxygens (including phenoxy) is 2. The molecule has 6 heteroatoms. The van der Waals surface area contributed by atoms with Crippen LogP contribution in [0.5, 0.6) is 11.5 Å². The standard InChI is InChI=1S/C18H24N2O3S/c1-22-16-7-6-13(9-17(16)23-2)18-19-14(12-24-18)10-20-8-4-3-5-15(20)11-21/h6-7,9,12,15,21H,3-5,8,10-11H2,1-2H3. The number of rotatable bonds is 6. The summed E-state index contributed by atoms with van der Waals surface area (Å²) in [6.07, 6.45) is 3.47.